The molecule has 0 aromatic heterocycles. The van der Waals surface area contributed by atoms with Crippen molar-refractivity contribution in [2.45, 2.75) is 37.9 Å². The summed E-state index contributed by atoms with van der Waals surface area (Å²) < 4.78 is 52.3. The molecule has 1 atom stereocenters. The van der Waals surface area contributed by atoms with Crippen molar-refractivity contribution in [3.8, 4) is 0 Å². The van der Waals surface area contributed by atoms with E-state index in [2.05, 4.69) is 10.2 Å². The minimum Gasteiger partial charge on any atom is -0.314 e. The van der Waals surface area contributed by atoms with Crippen LogP contribution in [0.1, 0.15) is 42.9 Å². The largest absolute Gasteiger partial charge is 0.419 e. The predicted octanol–water partition coefficient (Wildman–Crippen LogP) is 4.82. The van der Waals surface area contributed by atoms with Gasteiger partial charge in [0.05, 0.1) is 5.56 Å². The van der Waals surface area contributed by atoms with Gasteiger partial charge in [-0.05, 0) is 36.5 Å². The number of halogens is 6. The van der Waals surface area contributed by atoms with Crippen LogP contribution in [0, 0.1) is 11.7 Å². The van der Waals surface area contributed by atoms with Crippen LogP contribution in [0.2, 0.25) is 0 Å². The Balaban J connectivity index is 0.00000156. The molecule has 2 fully saturated rings. The normalized spacial score (nSPS) is 20.6. The summed E-state index contributed by atoms with van der Waals surface area (Å²) in [6, 6.07) is 3.50. The van der Waals surface area contributed by atoms with Crippen LogP contribution in [0.3, 0.4) is 0 Å². The Morgan fingerprint density at radius 2 is 1.64 bits per heavy atom. The highest BCUT2D eigenvalue weighted by molar-refractivity contribution is 5.85. The second kappa shape index (κ2) is 9.40. The summed E-state index contributed by atoms with van der Waals surface area (Å²) in [6.07, 6.45) is -0.207. The van der Waals surface area contributed by atoms with Crippen LogP contribution < -0.4 is 5.32 Å². The summed E-state index contributed by atoms with van der Waals surface area (Å²) in [4.78, 5) is 2.30. The van der Waals surface area contributed by atoms with Gasteiger partial charge in [-0.15, -0.1) is 24.8 Å². The molecule has 144 valence electrons. The summed E-state index contributed by atoms with van der Waals surface area (Å²) >= 11 is 0. The molecule has 0 radical (unpaired) electrons. The van der Waals surface area contributed by atoms with E-state index >= 15 is 0 Å². The highest BCUT2D eigenvalue weighted by atomic mass is 35.5. The van der Waals surface area contributed by atoms with Crippen LogP contribution in [0.5, 0.6) is 0 Å². The average Bonchev–Trinajstić information content (AvgIpc) is 3.01. The van der Waals surface area contributed by atoms with E-state index in [1.165, 1.54) is 6.07 Å². The maximum absolute atomic E-state index is 14.0. The molecule has 1 saturated carbocycles. The molecule has 1 aromatic carbocycles. The van der Waals surface area contributed by atoms with E-state index in [1.807, 2.05) is 0 Å². The van der Waals surface area contributed by atoms with Gasteiger partial charge >= 0.3 is 6.18 Å². The van der Waals surface area contributed by atoms with Crippen LogP contribution in [0.15, 0.2) is 18.2 Å². The standard InChI is InChI=1S/C17H22F4N2.2ClH/c18-15-11-13(5-6-14(15)17(19,20)21)16(12-3-1-2-4-12)23-9-7-22-8-10-23;;/h5-6,11-12,16,22H,1-4,7-10H2;2*1H/t16-;;/m0../s1. The minimum atomic E-state index is -4.64. The van der Waals surface area contributed by atoms with Crippen molar-refractivity contribution in [1.29, 1.82) is 0 Å². The van der Waals surface area contributed by atoms with E-state index in [4.69, 9.17) is 0 Å². The maximum Gasteiger partial charge on any atom is 0.419 e. The molecule has 1 heterocycles. The number of hydrogen-bond acceptors (Lipinski definition) is 2. The van der Waals surface area contributed by atoms with Gasteiger partial charge in [-0.2, -0.15) is 13.2 Å². The Morgan fingerprint density at radius 1 is 1.04 bits per heavy atom. The molecule has 3 rings (SSSR count). The number of piperazine rings is 1. The fraction of sp³-hybridized carbons (Fsp3) is 0.647. The Labute approximate surface area is 158 Å². The summed E-state index contributed by atoms with van der Waals surface area (Å²) in [5, 5.41) is 3.29. The zero-order valence-corrected chi connectivity index (χ0v) is 15.5. The van der Waals surface area contributed by atoms with Crippen molar-refractivity contribution in [3.63, 3.8) is 0 Å². The lowest BCUT2D eigenvalue weighted by Gasteiger charge is -2.38. The second-order valence-electron chi connectivity index (χ2n) is 6.51. The van der Waals surface area contributed by atoms with E-state index < -0.39 is 17.6 Å². The van der Waals surface area contributed by atoms with Gasteiger partial charge < -0.3 is 5.32 Å². The van der Waals surface area contributed by atoms with Crippen molar-refractivity contribution in [3.05, 3.63) is 35.1 Å². The van der Waals surface area contributed by atoms with Crippen molar-refractivity contribution in [1.82, 2.24) is 10.2 Å². The van der Waals surface area contributed by atoms with Crippen LogP contribution in [-0.2, 0) is 6.18 Å². The van der Waals surface area contributed by atoms with Crippen LogP contribution in [0.4, 0.5) is 17.6 Å². The number of rotatable bonds is 3. The second-order valence-corrected chi connectivity index (χ2v) is 6.51. The molecule has 0 bridgehead atoms. The zero-order valence-electron chi connectivity index (χ0n) is 13.8. The number of nitrogens with one attached hydrogen (secondary N) is 1. The molecular weight excluding hydrogens is 379 g/mol. The lowest BCUT2D eigenvalue weighted by molar-refractivity contribution is -0.140. The molecule has 1 N–H and O–H groups in total. The molecule has 0 amide bonds. The van der Waals surface area contributed by atoms with Gasteiger partial charge in [0.15, 0.2) is 0 Å². The van der Waals surface area contributed by atoms with Crippen LogP contribution in [0.25, 0.3) is 0 Å². The Kier molecular flexibility index (Phi) is 8.45. The third kappa shape index (κ3) is 5.22. The van der Waals surface area contributed by atoms with E-state index in [0.29, 0.717) is 11.5 Å². The van der Waals surface area contributed by atoms with Gasteiger partial charge in [0.1, 0.15) is 5.82 Å². The van der Waals surface area contributed by atoms with E-state index in [1.54, 1.807) is 0 Å². The smallest absolute Gasteiger partial charge is 0.314 e. The molecule has 2 aliphatic rings. The SMILES string of the molecule is Cl.Cl.Fc1cc([C@H](C2CCCC2)N2CCNCC2)ccc1C(F)(F)F. The quantitative estimate of drug-likeness (QED) is 0.728. The number of alkyl halides is 3. The molecule has 0 unspecified atom stereocenters. The van der Waals surface area contributed by atoms with Gasteiger partial charge in [0.2, 0.25) is 0 Å². The first kappa shape index (κ1) is 22.5. The highest BCUT2D eigenvalue weighted by Crippen LogP contribution is 2.41. The third-order valence-corrected chi connectivity index (χ3v) is 5.03. The molecule has 0 spiro atoms. The first-order valence-corrected chi connectivity index (χ1v) is 8.28. The number of hydrogen-bond donors (Lipinski definition) is 1. The topological polar surface area (TPSA) is 15.3 Å². The number of benzene rings is 1. The van der Waals surface area contributed by atoms with Gasteiger partial charge in [-0.25, -0.2) is 4.39 Å². The van der Waals surface area contributed by atoms with Crippen molar-refractivity contribution in [2.75, 3.05) is 26.2 Å². The summed E-state index contributed by atoms with van der Waals surface area (Å²) in [7, 11) is 0. The fourth-order valence-corrected chi connectivity index (χ4v) is 3.96. The van der Waals surface area contributed by atoms with E-state index in [0.717, 1.165) is 64.0 Å². The summed E-state index contributed by atoms with van der Waals surface area (Å²) in [5.74, 6) is -0.752. The molecule has 1 aliphatic carbocycles. The molecule has 2 nitrogen and oxygen atoms in total. The Hall–Kier alpha value is -0.560. The first-order valence-electron chi connectivity index (χ1n) is 8.28. The van der Waals surface area contributed by atoms with Crippen molar-refractivity contribution < 1.29 is 17.6 Å². The van der Waals surface area contributed by atoms with Crippen molar-refractivity contribution in [2.24, 2.45) is 5.92 Å². The number of nitrogens with zero attached hydrogens (tertiary/aromatic N) is 1. The first-order chi connectivity index (χ1) is 11.0. The molecule has 1 aromatic rings. The summed E-state index contributed by atoms with van der Waals surface area (Å²) in [5.41, 5.74) is -0.490. The molecule has 25 heavy (non-hydrogen) atoms. The average molecular weight is 403 g/mol. The zero-order chi connectivity index (χ0) is 16.4. The minimum absolute atomic E-state index is 0. The Bertz CT molecular complexity index is 542. The van der Waals surface area contributed by atoms with E-state index in [-0.39, 0.29) is 30.9 Å². The van der Waals surface area contributed by atoms with Crippen LogP contribution >= 0.6 is 24.8 Å². The molecule has 1 aliphatic heterocycles. The van der Waals surface area contributed by atoms with Gasteiger partial charge in [-0.3, -0.25) is 4.90 Å². The molecule has 8 heteroatoms. The molecule has 1 saturated heterocycles. The van der Waals surface area contributed by atoms with Crippen LogP contribution in [-0.4, -0.2) is 31.1 Å². The highest BCUT2D eigenvalue weighted by Gasteiger charge is 2.36. The monoisotopic (exact) mass is 402 g/mol. The Morgan fingerprint density at radius 3 is 2.16 bits per heavy atom. The lowest BCUT2D eigenvalue weighted by atomic mass is 9.89. The van der Waals surface area contributed by atoms with Gasteiger partial charge in [0, 0.05) is 32.2 Å². The van der Waals surface area contributed by atoms with Crippen molar-refractivity contribution >= 4 is 24.8 Å². The molecular formula is C17H24Cl2F4N2. The lowest BCUT2D eigenvalue weighted by Crippen LogP contribution is -2.46. The predicted molar refractivity (Wildman–Crippen MR) is 95.0 cm³/mol. The summed E-state index contributed by atoms with van der Waals surface area (Å²) in [6.45, 7) is 3.44. The van der Waals surface area contributed by atoms with Gasteiger partial charge in [0.25, 0.3) is 0 Å². The third-order valence-electron chi connectivity index (χ3n) is 5.03. The van der Waals surface area contributed by atoms with Gasteiger partial charge in [-0.1, -0.05) is 18.9 Å². The van der Waals surface area contributed by atoms with E-state index in [9.17, 15) is 17.6 Å². The fourth-order valence-electron chi connectivity index (χ4n) is 3.96. The maximum atomic E-state index is 14.0.